The summed E-state index contributed by atoms with van der Waals surface area (Å²) in [5.74, 6) is 1.66. The molecule has 0 amide bonds. The number of rotatable bonds is 4. The van der Waals surface area contributed by atoms with Gasteiger partial charge in [-0.1, -0.05) is 19.1 Å². The monoisotopic (exact) mass is 231 g/mol. The minimum atomic E-state index is -0.0330. The zero-order valence-electron chi connectivity index (χ0n) is 10.1. The molecule has 90 valence electrons. The van der Waals surface area contributed by atoms with Crippen molar-refractivity contribution in [1.29, 1.82) is 0 Å². The van der Waals surface area contributed by atoms with Crippen LogP contribution in [0.4, 0.5) is 0 Å². The van der Waals surface area contributed by atoms with Crippen molar-refractivity contribution in [3.05, 3.63) is 36.3 Å². The Morgan fingerprint density at radius 2 is 2.29 bits per heavy atom. The molecule has 3 N–H and O–H groups in total. The molecule has 0 spiro atoms. The van der Waals surface area contributed by atoms with Crippen LogP contribution in [-0.2, 0) is 0 Å². The number of imidazole rings is 1. The molecule has 1 aromatic heterocycles. The van der Waals surface area contributed by atoms with Gasteiger partial charge in [0.25, 0.3) is 0 Å². The maximum atomic E-state index is 5.92. The van der Waals surface area contributed by atoms with Gasteiger partial charge in [-0.15, -0.1) is 0 Å². The molecule has 1 aromatic carbocycles. The van der Waals surface area contributed by atoms with E-state index in [9.17, 15) is 0 Å². The lowest BCUT2D eigenvalue weighted by Gasteiger charge is -2.04. The summed E-state index contributed by atoms with van der Waals surface area (Å²) in [5.41, 5.74) is 7.93. The van der Waals surface area contributed by atoms with Crippen molar-refractivity contribution in [2.45, 2.75) is 19.4 Å². The third-order valence-corrected chi connectivity index (χ3v) is 2.77. The van der Waals surface area contributed by atoms with Crippen molar-refractivity contribution in [2.24, 2.45) is 5.73 Å². The van der Waals surface area contributed by atoms with E-state index < -0.39 is 0 Å². The normalized spacial score (nSPS) is 12.4. The minimum absolute atomic E-state index is 0.0330. The summed E-state index contributed by atoms with van der Waals surface area (Å²) in [6.07, 6.45) is 2.67. The molecule has 4 nitrogen and oxygen atoms in total. The van der Waals surface area contributed by atoms with Crippen molar-refractivity contribution >= 4 is 0 Å². The predicted octanol–water partition coefficient (Wildman–Crippen LogP) is 2.50. The number of benzene rings is 1. The van der Waals surface area contributed by atoms with Crippen LogP contribution in [0.25, 0.3) is 11.3 Å². The number of nitrogens with two attached hydrogens (primary N) is 1. The first kappa shape index (κ1) is 11.7. The van der Waals surface area contributed by atoms with Crippen molar-refractivity contribution in [2.75, 3.05) is 7.11 Å². The summed E-state index contributed by atoms with van der Waals surface area (Å²) in [6.45, 7) is 2.04. The van der Waals surface area contributed by atoms with Gasteiger partial charge in [0.2, 0.25) is 0 Å². The van der Waals surface area contributed by atoms with Gasteiger partial charge in [0.15, 0.2) is 0 Å². The lowest BCUT2D eigenvalue weighted by molar-refractivity contribution is 0.415. The average molecular weight is 231 g/mol. The summed E-state index contributed by atoms with van der Waals surface area (Å²) in [7, 11) is 1.66. The molecule has 1 atom stereocenters. The number of nitrogens with one attached hydrogen (secondary N) is 1. The first-order valence-electron chi connectivity index (χ1n) is 5.69. The van der Waals surface area contributed by atoms with Crippen molar-refractivity contribution in [3.63, 3.8) is 0 Å². The summed E-state index contributed by atoms with van der Waals surface area (Å²) < 4.78 is 5.19. The fourth-order valence-electron chi connectivity index (χ4n) is 1.66. The number of aromatic amines is 1. The molecule has 2 rings (SSSR count). The molecule has 0 fully saturated rings. The second-order valence-electron chi connectivity index (χ2n) is 3.93. The lowest BCUT2D eigenvalue weighted by atomic mass is 10.1. The van der Waals surface area contributed by atoms with Crippen LogP contribution in [0.15, 0.2) is 30.5 Å². The van der Waals surface area contributed by atoms with Crippen LogP contribution in [0.2, 0.25) is 0 Å². The standard InChI is InChI=1S/C13H17N3O/c1-3-11(14)13-15-8-12(16-13)9-5-4-6-10(7-9)17-2/h4-8,11H,3,14H2,1-2H3,(H,15,16). The molecule has 17 heavy (non-hydrogen) atoms. The van der Waals surface area contributed by atoms with Gasteiger partial charge in [-0.05, 0) is 18.6 Å². The first-order chi connectivity index (χ1) is 8.24. The van der Waals surface area contributed by atoms with Crippen LogP contribution >= 0.6 is 0 Å². The Bertz CT molecular complexity index is 493. The SMILES string of the molecule is CCC(N)c1ncc(-c2cccc(OC)c2)[nH]1. The van der Waals surface area contributed by atoms with Gasteiger partial charge in [-0.25, -0.2) is 4.98 Å². The third-order valence-electron chi connectivity index (χ3n) is 2.77. The molecule has 0 aliphatic carbocycles. The minimum Gasteiger partial charge on any atom is -0.497 e. The lowest BCUT2D eigenvalue weighted by Crippen LogP contribution is -2.10. The highest BCUT2D eigenvalue weighted by atomic mass is 16.5. The Labute approximate surface area is 101 Å². The Morgan fingerprint density at radius 3 is 3.00 bits per heavy atom. The van der Waals surface area contributed by atoms with Crippen molar-refractivity contribution in [1.82, 2.24) is 9.97 Å². The van der Waals surface area contributed by atoms with Crippen LogP contribution in [0.1, 0.15) is 25.2 Å². The molecule has 1 heterocycles. The van der Waals surface area contributed by atoms with Gasteiger partial charge < -0.3 is 15.5 Å². The molecule has 2 aromatic rings. The topological polar surface area (TPSA) is 63.9 Å². The molecular formula is C13H17N3O. The van der Waals surface area contributed by atoms with E-state index in [1.807, 2.05) is 31.2 Å². The fraction of sp³-hybridized carbons (Fsp3) is 0.308. The number of H-pyrrole nitrogens is 1. The number of ether oxygens (including phenoxy) is 1. The number of nitrogens with zero attached hydrogens (tertiary/aromatic N) is 1. The van der Waals surface area contributed by atoms with Crippen LogP contribution in [-0.4, -0.2) is 17.1 Å². The van der Waals surface area contributed by atoms with E-state index in [0.717, 1.165) is 29.3 Å². The van der Waals surface area contributed by atoms with Crippen molar-refractivity contribution < 1.29 is 4.74 Å². The second kappa shape index (κ2) is 5.01. The molecule has 0 radical (unpaired) electrons. The Kier molecular flexibility index (Phi) is 3.44. The fourth-order valence-corrected chi connectivity index (χ4v) is 1.66. The molecule has 0 saturated carbocycles. The first-order valence-corrected chi connectivity index (χ1v) is 5.69. The van der Waals surface area contributed by atoms with Gasteiger partial charge in [-0.2, -0.15) is 0 Å². The third kappa shape index (κ3) is 2.47. The van der Waals surface area contributed by atoms with Crippen LogP contribution in [0.5, 0.6) is 5.75 Å². The van der Waals surface area contributed by atoms with E-state index in [1.54, 1.807) is 13.3 Å². The van der Waals surface area contributed by atoms with E-state index in [1.165, 1.54) is 0 Å². The summed E-state index contributed by atoms with van der Waals surface area (Å²) in [6, 6.07) is 7.81. The van der Waals surface area contributed by atoms with E-state index in [0.29, 0.717) is 0 Å². The Morgan fingerprint density at radius 1 is 1.47 bits per heavy atom. The van der Waals surface area contributed by atoms with Crippen molar-refractivity contribution in [3.8, 4) is 17.0 Å². The van der Waals surface area contributed by atoms with Gasteiger partial charge in [-0.3, -0.25) is 0 Å². The summed E-state index contributed by atoms with van der Waals surface area (Å²) in [4.78, 5) is 7.54. The van der Waals surface area contributed by atoms with E-state index in [-0.39, 0.29) is 6.04 Å². The number of methoxy groups -OCH3 is 1. The zero-order chi connectivity index (χ0) is 12.3. The van der Waals surface area contributed by atoms with Crippen LogP contribution in [0, 0.1) is 0 Å². The maximum Gasteiger partial charge on any atom is 0.123 e. The molecule has 0 saturated heterocycles. The van der Waals surface area contributed by atoms with Gasteiger partial charge >= 0.3 is 0 Å². The van der Waals surface area contributed by atoms with Crippen LogP contribution < -0.4 is 10.5 Å². The molecule has 0 aliphatic rings. The highest BCUT2D eigenvalue weighted by Gasteiger charge is 2.09. The van der Waals surface area contributed by atoms with Crippen LogP contribution in [0.3, 0.4) is 0 Å². The second-order valence-corrected chi connectivity index (χ2v) is 3.93. The largest absolute Gasteiger partial charge is 0.497 e. The smallest absolute Gasteiger partial charge is 0.123 e. The zero-order valence-corrected chi connectivity index (χ0v) is 10.1. The number of hydrogen-bond acceptors (Lipinski definition) is 3. The Hall–Kier alpha value is -1.81. The van der Waals surface area contributed by atoms with Gasteiger partial charge in [0, 0.05) is 5.56 Å². The molecule has 1 unspecified atom stereocenters. The maximum absolute atomic E-state index is 5.92. The number of hydrogen-bond donors (Lipinski definition) is 2. The molecule has 0 aliphatic heterocycles. The van der Waals surface area contributed by atoms with E-state index >= 15 is 0 Å². The van der Waals surface area contributed by atoms with E-state index in [2.05, 4.69) is 9.97 Å². The average Bonchev–Trinajstić information content (AvgIpc) is 2.87. The van der Waals surface area contributed by atoms with Gasteiger partial charge in [0.1, 0.15) is 11.6 Å². The van der Waals surface area contributed by atoms with Gasteiger partial charge in [0.05, 0.1) is 25.0 Å². The van der Waals surface area contributed by atoms with E-state index in [4.69, 9.17) is 10.5 Å². The summed E-state index contributed by atoms with van der Waals surface area (Å²) >= 11 is 0. The predicted molar refractivity (Wildman–Crippen MR) is 67.8 cm³/mol. The number of aromatic nitrogens is 2. The highest BCUT2D eigenvalue weighted by Crippen LogP contribution is 2.23. The molecular weight excluding hydrogens is 214 g/mol. The molecule has 4 heteroatoms. The molecule has 0 bridgehead atoms. The quantitative estimate of drug-likeness (QED) is 0.849. The Balaban J connectivity index is 2.30. The highest BCUT2D eigenvalue weighted by molar-refractivity contribution is 5.60. The summed E-state index contributed by atoms with van der Waals surface area (Å²) in [5, 5.41) is 0.